The van der Waals surface area contributed by atoms with Gasteiger partial charge in [0.2, 0.25) is 0 Å². The van der Waals surface area contributed by atoms with Crippen molar-refractivity contribution in [2.45, 2.75) is 39.3 Å². The molecule has 1 aromatic carbocycles. The van der Waals surface area contributed by atoms with E-state index in [0.29, 0.717) is 5.92 Å². The molecule has 0 saturated carbocycles. The quantitative estimate of drug-likeness (QED) is 0.686. The molecule has 6 nitrogen and oxygen atoms in total. The average Bonchev–Trinajstić information content (AvgIpc) is 3.16. The maximum Gasteiger partial charge on any atom is 0.167 e. The molecule has 0 N–H and O–H groups in total. The highest BCUT2D eigenvalue weighted by atomic mass is 16.5. The Morgan fingerprint density at radius 2 is 2.04 bits per heavy atom. The normalized spacial score (nSPS) is 14.4. The minimum atomic E-state index is 0.361. The van der Waals surface area contributed by atoms with Gasteiger partial charge in [-0.3, -0.25) is 4.90 Å². The highest BCUT2D eigenvalue weighted by Gasteiger charge is 2.20. The Bertz CT molecular complexity index is 918. The Kier molecular flexibility index (Phi) is 4.90. The maximum absolute atomic E-state index is 5.54. The summed E-state index contributed by atoms with van der Waals surface area (Å²) in [6.07, 6.45) is 2.93. The van der Waals surface area contributed by atoms with E-state index in [1.807, 2.05) is 36.5 Å². The standard InChI is InChI=1S/C21H24N4O2/c1-14(2)21-22-11-16-12-25(9-8-19(16)23-21)13-17-10-20(27-24-17)15-4-6-18(26-3)7-5-15/h4-7,10-11,14H,8-9,12-13H2,1-3H3. The van der Waals surface area contributed by atoms with Crippen molar-refractivity contribution in [3.63, 3.8) is 0 Å². The number of benzene rings is 1. The van der Waals surface area contributed by atoms with Crippen LogP contribution in [0.15, 0.2) is 41.1 Å². The molecule has 0 bridgehead atoms. The van der Waals surface area contributed by atoms with Crippen LogP contribution in [0.25, 0.3) is 11.3 Å². The summed E-state index contributed by atoms with van der Waals surface area (Å²) in [5.41, 5.74) is 4.32. The van der Waals surface area contributed by atoms with Gasteiger partial charge in [0.1, 0.15) is 11.6 Å². The van der Waals surface area contributed by atoms with Crippen molar-refractivity contribution in [1.82, 2.24) is 20.0 Å². The third kappa shape index (κ3) is 3.85. The number of rotatable bonds is 5. The van der Waals surface area contributed by atoms with Gasteiger partial charge in [-0.15, -0.1) is 0 Å². The largest absolute Gasteiger partial charge is 0.497 e. The molecule has 1 aliphatic rings. The predicted octanol–water partition coefficient (Wildman–Crippen LogP) is 3.82. The number of nitrogens with zero attached hydrogens (tertiary/aromatic N) is 4. The second-order valence-corrected chi connectivity index (χ2v) is 7.23. The molecule has 3 aromatic rings. The predicted molar refractivity (Wildman–Crippen MR) is 102 cm³/mol. The van der Waals surface area contributed by atoms with Gasteiger partial charge in [-0.1, -0.05) is 19.0 Å². The lowest BCUT2D eigenvalue weighted by atomic mass is 10.1. The Morgan fingerprint density at radius 3 is 2.78 bits per heavy atom. The van der Waals surface area contributed by atoms with Crippen molar-refractivity contribution in [3.05, 3.63) is 59.3 Å². The molecule has 0 saturated heterocycles. The van der Waals surface area contributed by atoms with Gasteiger partial charge in [-0.2, -0.15) is 0 Å². The number of fused-ring (bicyclic) bond motifs is 1. The van der Waals surface area contributed by atoms with Crippen LogP contribution in [0.4, 0.5) is 0 Å². The van der Waals surface area contributed by atoms with Gasteiger partial charge in [-0.25, -0.2) is 9.97 Å². The van der Waals surface area contributed by atoms with Crippen LogP contribution in [0.3, 0.4) is 0 Å². The lowest BCUT2D eigenvalue weighted by Crippen LogP contribution is -2.31. The highest BCUT2D eigenvalue weighted by Crippen LogP contribution is 2.25. The molecule has 0 amide bonds. The zero-order valence-electron chi connectivity index (χ0n) is 16.0. The van der Waals surface area contributed by atoms with Gasteiger partial charge < -0.3 is 9.26 Å². The number of hydrogen-bond donors (Lipinski definition) is 0. The fraction of sp³-hybridized carbons (Fsp3) is 0.381. The monoisotopic (exact) mass is 364 g/mol. The second-order valence-electron chi connectivity index (χ2n) is 7.23. The number of aromatic nitrogens is 3. The summed E-state index contributed by atoms with van der Waals surface area (Å²) in [5, 5.41) is 4.24. The van der Waals surface area contributed by atoms with E-state index in [0.717, 1.165) is 54.6 Å². The van der Waals surface area contributed by atoms with Gasteiger partial charge >= 0.3 is 0 Å². The zero-order chi connectivity index (χ0) is 18.8. The van der Waals surface area contributed by atoms with E-state index in [-0.39, 0.29) is 0 Å². The van der Waals surface area contributed by atoms with Crippen molar-refractivity contribution < 1.29 is 9.26 Å². The van der Waals surface area contributed by atoms with Crippen LogP contribution in [0.2, 0.25) is 0 Å². The molecular weight excluding hydrogens is 340 g/mol. The topological polar surface area (TPSA) is 64.3 Å². The molecular formula is C21H24N4O2. The number of methoxy groups -OCH3 is 1. The van der Waals surface area contributed by atoms with Crippen LogP contribution in [0.5, 0.6) is 5.75 Å². The Hall–Kier alpha value is -2.73. The molecule has 6 heteroatoms. The first kappa shape index (κ1) is 17.7. The first-order valence-corrected chi connectivity index (χ1v) is 9.29. The fourth-order valence-electron chi connectivity index (χ4n) is 3.31. The minimum absolute atomic E-state index is 0.361. The van der Waals surface area contributed by atoms with E-state index in [2.05, 4.69) is 28.9 Å². The third-order valence-corrected chi connectivity index (χ3v) is 4.87. The lowest BCUT2D eigenvalue weighted by molar-refractivity contribution is 0.235. The van der Waals surface area contributed by atoms with Crippen molar-refractivity contribution in [2.24, 2.45) is 0 Å². The molecule has 0 aliphatic carbocycles. The fourth-order valence-corrected chi connectivity index (χ4v) is 3.31. The zero-order valence-corrected chi connectivity index (χ0v) is 16.0. The highest BCUT2D eigenvalue weighted by molar-refractivity contribution is 5.58. The van der Waals surface area contributed by atoms with Crippen molar-refractivity contribution in [1.29, 1.82) is 0 Å². The van der Waals surface area contributed by atoms with Crippen LogP contribution >= 0.6 is 0 Å². The molecule has 140 valence electrons. The van der Waals surface area contributed by atoms with Crippen molar-refractivity contribution >= 4 is 0 Å². The lowest BCUT2D eigenvalue weighted by Gasteiger charge is -2.27. The van der Waals surface area contributed by atoms with Gasteiger partial charge in [0.15, 0.2) is 5.76 Å². The summed E-state index contributed by atoms with van der Waals surface area (Å²) in [6, 6.07) is 9.80. The second kappa shape index (κ2) is 7.48. The molecule has 0 unspecified atom stereocenters. The third-order valence-electron chi connectivity index (χ3n) is 4.87. The number of hydrogen-bond acceptors (Lipinski definition) is 6. The van der Waals surface area contributed by atoms with Gasteiger partial charge in [0, 0.05) is 61.1 Å². The maximum atomic E-state index is 5.54. The minimum Gasteiger partial charge on any atom is -0.497 e. The Balaban J connectivity index is 1.43. The van der Waals surface area contributed by atoms with Crippen LogP contribution in [0, 0.1) is 0 Å². The van der Waals surface area contributed by atoms with Crippen molar-refractivity contribution in [3.8, 4) is 17.1 Å². The molecule has 3 heterocycles. The summed E-state index contributed by atoms with van der Waals surface area (Å²) >= 11 is 0. The molecule has 0 radical (unpaired) electrons. The van der Waals surface area contributed by atoms with E-state index in [1.165, 1.54) is 11.3 Å². The summed E-state index contributed by atoms with van der Waals surface area (Å²) < 4.78 is 10.7. The molecule has 1 aliphatic heterocycles. The van der Waals surface area contributed by atoms with Crippen LogP contribution < -0.4 is 4.74 Å². The van der Waals surface area contributed by atoms with Crippen LogP contribution in [-0.4, -0.2) is 33.7 Å². The van der Waals surface area contributed by atoms with Crippen molar-refractivity contribution in [2.75, 3.05) is 13.7 Å². The Morgan fingerprint density at radius 1 is 1.22 bits per heavy atom. The summed E-state index contributed by atoms with van der Waals surface area (Å²) in [4.78, 5) is 11.6. The summed E-state index contributed by atoms with van der Waals surface area (Å²) in [7, 11) is 1.66. The molecule has 2 aromatic heterocycles. The average molecular weight is 364 g/mol. The van der Waals surface area contributed by atoms with Crippen LogP contribution in [0.1, 0.15) is 42.5 Å². The van der Waals surface area contributed by atoms with E-state index in [1.54, 1.807) is 7.11 Å². The van der Waals surface area contributed by atoms with E-state index in [4.69, 9.17) is 14.2 Å². The molecule has 0 fully saturated rings. The van der Waals surface area contributed by atoms with Gasteiger partial charge in [-0.05, 0) is 24.3 Å². The first-order chi connectivity index (χ1) is 13.1. The summed E-state index contributed by atoms with van der Waals surface area (Å²) in [5.74, 6) is 2.89. The summed E-state index contributed by atoms with van der Waals surface area (Å²) in [6.45, 7) is 6.82. The number of ether oxygens (including phenoxy) is 1. The van der Waals surface area contributed by atoms with E-state index < -0.39 is 0 Å². The molecule has 27 heavy (non-hydrogen) atoms. The molecule has 0 spiro atoms. The Labute approximate surface area is 159 Å². The van der Waals surface area contributed by atoms with Gasteiger partial charge in [0.05, 0.1) is 12.8 Å². The van der Waals surface area contributed by atoms with Gasteiger partial charge in [0.25, 0.3) is 0 Å². The first-order valence-electron chi connectivity index (χ1n) is 9.29. The molecule has 4 rings (SSSR count). The van der Waals surface area contributed by atoms with E-state index >= 15 is 0 Å². The molecule has 0 atom stereocenters. The van der Waals surface area contributed by atoms with E-state index in [9.17, 15) is 0 Å². The smallest absolute Gasteiger partial charge is 0.167 e. The SMILES string of the molecule is COc1ccc(-c2cc(CN3CCc4nc(C(C)C)ncc4C3)no2)cc1. The van der Waals surface area contributed by atoms with Crippen LogP contribution in [-0.2, 0) is 19.5 Å².